The molecular weight excluding hydrogens is 180 g/mol. The van der Waals surface area contributed by atoms with Gasteiger partial charge in [-0.25, -0.2) is 4.79 Å². The Balaban J connectivity index is 2.17. The second kappa shape index (κ2) is 2.91. The quantitative estimate of drug-likeness (QED) is 0.465. The average Bonchev–Trinajstić information content (AvgIpc) is 2.52. The van der Waals surface area contributed by atoms with Gasteiger partial charge in [-0.2, -0.15) is 0 Å². The average molecular weight is 190 g/mol. The molecular formula is C7H10O6. The van der Waals surface area contributed by atoms with E-state index < -0.39 is 36.7 Å². The van der Waals surface area contributed by atoms with E-state index in [4.69, 9.17) is 19.3 Å². The van der Waals surface area contributed by atoms with Crippen LogP contribution >= 0.6 is 0 Å². The number of ether oxygens (including phenoxy) is 3. The van der Waals surface area contributed by atoms with E-state index in [1.165, 1.54) is 7.11 Å². The van der Waals surface area contributed by atoms with E-state index in [0.717, 1.165) is 0 Å². The molecule has 2 saturated heterocycles. The molecule has 13 heavy (non-hydrogen) atoms. The zero-order valence-electron chi connectivity index (χ0n) is 6.91. The van der Waals surface area contributed by atoms with Crippen molar-refractivity contribution in [3.8, 4) is 0 Å². The molecule has 5 atom stereocenters. The number of carbonyl (C=O) groups excluding carboxylic acids is 1. The maximum Gasteiger partial charge on any atom is 0.338 e. The van der Waals surface area contributed by atoms with Crippen molar-refractivity contribution in [2.45, 2.75) is 30.7 Å². The lowest BCUT2D eigenvalue weighted by atomic mass is 10.1. The highest BCUT2D eigenvalue weighted by Gasteiger charge is 2.56. The molecule has 0 bridgehead atoms. The molecule has 0 spiro atoms. The zero-order chi connectivity index (χ0) is 9.59. The minimum absolute atomic E-state index is 0.566. The van der Waals surface area contributed by atoms with Gasteiger partial charge in [-0.1, -0.05) is 0 Å². The van der Waals surface area contributed by atoms with Crippen LogP contribution in [-0.4, -0.2) is 54.0 Å². The summed E-state index contributed by atoms with van der Waals surface area (Å²) in [7, 11) is 1.34. The normalized spacial score (nSPS) is 49.2. The van der Waals surface area contributed by atoms with Crippen LogP contribution in [-0.2, 0) is 19.0 Å². The second-order valence-corrected chi connectivity index (χ2v) is 3.04. The number of rotatable bonds is 1. The van der Waals surface area contributed by atoms with E-state index in [9.17, 15) is 9.90 Å². The first-order valence-corrected chi connectivity index (χ1v) is 3.90. The van der Waals surface area contributed by atoms with Gasteiger partial charge in [0.1, 0.15) is 12.2 Å². The Hall–Kier alpha value is -0.690. The standard InChI is InChI=1S/C7H10O6/c1-11-5-4-3(12-7(5)10)2(8)6(9)13-4/h2-6,8-9H,1H3/t2-,3-,4+,5+,6+/m1/s1. The monoisotopic (exact) mass is 190 g/mol. The maximum atomic E-state index is 11.1. The van der Waals surface area contributed by atoms with Gasteiger partial charge in [-0.3, -0.25) is 0 Å². The topological polar surface area (TPSA) is 85.2 Å². The van der Waals surface area contributed by atoms with E-state index in [0.29, 0.717) is 0 Å². The third kappa shape index (κ3) is 1.14. The Kier molecular flexibility index (Phi) is 1.99. The molecule has 0 amide bonds. The summed E-state index contributed by atoms with van der Waals surface area (Å²) >= 11 is 0. The van der Waals surface area contributed by atoms with Crippen LogP contribution in [0.3, 0.4) is 0 Å². The number of esters is 1. The summed E-state index contributed by atoms with van der Waals surface area (Å²) in [5.74, 6) is -0.566. The Bertz CT molecular complexity index is 229. The number of methoxy groups -OCH3 is 1. The Morgan fingerprint density at radius 1 is 1.38 bits per heavy atom. The number of fused-ring (bicyclic) bond motifs is 1. The zero-order valence-corrected chi connectivity index (χ0v) is 6.91. The van der Waals surface area contributed by atoms with Crippen molar-refractivity contribution < 1.29 is 29.2 Å². The van der Waals surface area contributed by atoms with Crippen LogP contribution in [0.1, 0.15) is 0 Å². The van der Waals surface area contributed by atoms with Gasteiger partial charge in [0.2, 0.25) is 0 Å². The molecule has 0 aromatic carbocycles. The summed E-state index contributed by atoms with van der Waals surface area (Å²) in [4.78, 5) is 11.1. The van der Waals surface area contributed by atoms with Gasteiger partial charge in [-0.15, -0.1) is 0 Å². The van der Waals surface area contributed by atoms with Crippen molar-refractivity contribution in [3.63, 3.8) is 0 Å². The van der Waals surface area contributed by atoms with E-state index in [-0.39, 0.29) is 0 Å². The fourth-order valence-corrected chi connectivity index (χ4v) is 1.62. The molecule has 0 saturated carbocycles. The van der Waals surface area contributed by atoms with Gasteiger partial charge in [0, 0.05) is 7.11 Å². The van der Waals surface area contributed by atoms with Gasteiger partial charge < -0.3 is 24.4 Å². The number of aliphatic hydroxyl groups excluding tert-OH is 2. The fourth-order valence-electron chi connectivity index (χ4n) is 1.62. The summed E-state index contributed by atoms with van der Waals surface area (Å²) in [6.45, 7) is 0. The number of hydrogen-bond acceptors (Lipinski definition) is 6. The van der Waals surface area contributed by atoms with Crippen molar-refractivity contribution in [2.24, 2.45) is 0 Å². The molecule has 6 nitrogen and oxygen atoms in total. The predicted octanol–water partition coefficient (Wildman–Crippen LogP) is -2.00. The van der Waals surface area contributed by atoms with E-state index in [1.807, 2.05) is 0 Å². The third-order valence-corrected chi connectivity index (χ3v) is 2.29. The molecule has 2 rings (SSSR count). The Morgan fingerprint density at radius 3 is 2.69 bits per heavy atom. The van der Waals surface area contributed by atoms with Crippen LogP contribution < -0.4 is 0 Å². The first kappa shape index (κ1) is 8.89. The molecule has 2 heterocycles. The summed E-state index contributed by atoms with van der Waals surface area (Å²) in [6, 6.07) is 0. The molecule has 74 valence electrons. The number of aliphatic hydroxyl groups is 2. The summed E-state index contributed by atoms with van der Waals surface area (Å²) in [5, 5.41) is 18.4. The molecule has 2 N–H and O–H groups in total. The minimum atomic E-state index is -1.30. The highest BCUT2D eigenvalue weighted by atomic mass is 16.7. The van der Waals surface area contributed by atoms with Gasteiger partial charge >= 0.3 is 5.97 Å². The number of carbonyl (C=O) groups is 1. The maximum absolute atomic E-state index is 11.1. The van der Waals surface area contributed by atoms with Gasteiger partial charge in [0.05, 0.1) is 0 Å². The second-order valence-electron chi connectivity index (χ2n) is 3.04. The van der Waals surface area contributed by atoms with Crippen LogP contribution in [0.4, 0.5) is 0 Å². The Labute approximate surface area is 74.0 Å². The molecule has 0 unspecified atom stereocenters. The third-order valence-electron chi connectivity index (χ3n) is 2.29. The highest BCUT2D eigenvalue weighted by Crippen LogP contribution is 2.32. The van der Waals surface area contributed by atoms with Crippen LogP contribution in [0, 0.1) is 0 Å². The molecule has 0 aliphatic carbocycles. The van der Waals surface area contributed by atoms with Crippen LogP contribution in [0.5, 0.6) is 0 Å². The summed E-state index contributed by atoms with van der Waals surface area (Å²) < 4.78 is 14.5. The molecule has 6 heteroatoms. The van der Waals surface area contributed by atoms with E-state index in [1.54, 1.807) is 0 Å². The molecule has 0 aromatic heterocycles. The van der Waals surface area contributed by atoms with Crippen LogP contribution in [0.2, 0.25) is 0 Å². The molecule has 0 aromatic rings. The van der Waals surface area contributed by atoms with Crippen LogP contribution in [0.15, 0.2) is 0 Å². The van der Waals surface area contributed by atoms with Crippen molar-refractivity contribution in [2.75, 3.05) is 7.11 Å². The minimum Gasteiger partial charge on any atom is -0.454 e. The highest BCUT2D eigenvalue weighted by molar-refractivity contribution is 5.78. The van der Waals surface area contributed by atoms with E-state index >= 15 is 0 Å². The summed E-state index contributed by atoms with van der Waals surface area (Å²) in [5.41, 5.74) is 0. The first-order valence-electron chi connectivity index (χ1n) is 3.90. The molecule has 2 aliphatic heterocycles. The first-order chi connectivity index (χ1) is 6.15. The lowest BCUT2D eigenvalue weighted by Gasteiger charge is -2.11. The fraction of sp³-hybridized carbons (Fsp3) is 0.857. The van der Waals surface area contributed by atoms with Crippen LogP contribution in [0.25, 0.3) is 0 Å². The lowest BCUT2D eigenvalue weighted by molar-refractivity contribution is -0.170. The van der Waals surface area contributed by atoms with Gasteiger partial charge in [0.15, 0.2) is 18.5 Å². The van der Waals surface area contributed by atoms with Crippen molar-refractivity contribution >= 4 is 5.97 Å². The summed E-state index contributed by atoms with van der Waals surface area (Å²) in [6.07, 6.45) is -4.86. The Morgan fingerprint density at radius 2 is 2.08 bits per heavy atom. The largest absolute Gasteiger partial charge is 0.454 e. The molecule has 2 aliphatic rings. The smallest absolute Gasteiger partial charge is 0.338 e. The number of hydrogen-bond donors (Lipinski definition) is 2. The van der Waals surface area contributed by atoms with Crippen molar-refractivity contribution in [3.05, 3.63) is 0 Å². The van der Waals surface area contributed by atoms with Crippen molar-refractivity contribution in [1.82, 2.24) is 0 Å². The van der Waals surface area contributed by atoms with E-state index in [2.05, 4.69) is 0 Å². The van der Waals surface area contributed by atoms with Gasteiger partial charge in [0.25, 0.3) is 0 Å². The molecule has 2 fully saturated rings. The molecule has 0 radical (unpaired) electrons. The lowest BCUT2D eigenvalue weighted by Crippen LogP contribution is -2.33. The predicted molar refractivity (Wildman–Crippen MR) is 37.6 cm³/mol. The van der Waals surface area contributed by atoms with Crippen molar-refractivity contribution in [1.29, 1.82) is 0 Å². The SMILES string of the molecule is CO[C@@H]1C(=O)O[C@@H]2[C@@H](O)[C@@H](O)O[C@@H]21. The van der Waals surface area contributed by atoms with Gasteiger partial charge in [-0.05, 0) is 0 Å².